The molecule has 108 valence electrons. The average molecular weight is 294 g/mol. The van der Waals surface area contributed by atoms with Crippen LogP contribution < -0.4 is 5.32 Å². The van der Waals surface area contributed by atoms with Crippen LogP contribution in [0, 0.1) is 11.5 Å². The second kappa shape index (κ2) is 8.44. The minimum Gasteiger partial charge on any atom is -0.341 e. The summed E-state index contributed by atoms with van der Waals surface area (Å²) in [5, 5.41) is 11.5. The number of nitrogens with zero attached hydrogens (tertiary/aromatic N) is 2. The highest BCUT2D eigenvalue weighted by atomic mass is 35.5. The molecule has 1 N–H and O–H groups in total. The summed E-state index contributed by atoms with van der Waals surface area (Å²) in [7, 11) is 0. The molecular weight excluding hydrogens is 274 g/mol. The van der Waals surface area contributed by atoms with Gasteiger partial charge in [0.15, 0.2) is 6.19 Å². The van der Waals surface area contributed by atoms with Crippen molar-refractivity contribution in [2.24, 2.45) is 0 Å². The maximum Gasteiger partial charge on any atom is 0.246 e. The molecule has 1 aliphatic rings. The van der Waals surface area contributed by atoms with Crippen molar-refractivity contribution in [3.63, 3.8) is 0 Å². The Morgan fingerprint density at radius 2 is 1.90 bits per heavy atom. The van der Waals surface area contributed by atoms with Gasteiger partial charge in [-0.2, -0.15) is 5.26 Å². The van der Waals surface area contributed by atoms with Crippen LogP contribution in [-0.2, 0) is 11.2 Å². The Morgan fingerprint density at radius 3 is 2.50 bits per heavy atom. The normalized spacial score (nSPS) is 15.7. The van der Waals surface area contributed by atoms with Gasteiger partial charge in [-0.25, -0.2) is 0 Å². The number of benzene rings is 1. The number of carbonyl (C=O) groups is 1. The number of amides is 1. The SMILES string of the molecule is Cl.N#CNC(Cc1ccccc1)C(=O)N1CCCCC1. The van der Waals surface area contributed by atoms with E-state index in [-0.39, 0.29) is 18.3 Å². The van der Waals surface area contributed by atoms with Gasteiger partial charge in [-0.3, -0.25) is 4.79 Å². The lowest BCUT2D eigenvalue weighted by atomic mass is 10.0. The number of nitriles is 1. The molecule has 1 aromatic carbocycles. The molecule has 1 aliphatic heterocycles. The fraction of sp³-hybridized carbons (Fsp3) is 0.467. The topological polar surface area (TPSA) is 56.1 Å². The van der Waals surface area contributed by atoms with Gasteiger partial charge in [0.2, 0.25) is 5.91 Å². The average Bonchev–Trinajstić information content (AvgIpc) is 2.48. The van der Waals surface area contributed by atoms with Crippen molar-refractivity contribution in [3.8, 4) is 6.19 Å². The van der Waals surface area contributed by atoms with Gasteiger partial charge in [0.1, 0.15) is 6.04 Å². The van der Waals surface area contributed by atoms with E-state index in [4.69, 9.17) is 5.26 Å². The second-order valence-corrected chi connectivity index (χ2v) is 4.88. The number of likely N-dealkylation sites (tertiary alicyclic amines) is 1. The van der Waals surface area contributed by atoms with Crippen LogP contribution in [0.1, 0.15) is 24.8 Å². The molecule has 0 saturated carbocycles. The molecule has 1 fully saturated rings. The smallest absolute Gasteiger partial charge is 0.246 e. The lowest BCUT2D eigenvalue weighted by Crippen LogP contribution is -2.48. The van der Waals surface area contributed by atoms with Gasteiger partial charge < -0.3 is 10.2 Å². The van der Waals surface area contributed by atoms with Gasteiger partial charge in [-0.05, 0) is 24.8 Å². The Bertz CT molecular complexity index is 452. The summed E-state index contributed by atoms with van der Waals surface area (Å²) < 4.78 is 0. The predicted octanol–water partition coefficient (Wildman–Crippen LogP) is 2.10. The van der Waals surface area contributed by atoms with Gasteiger partial charge in [0.25, 0.3) is 0 Å². The van der Waals surface area contributed by atoms with Gasteiger partial charge in [-0.1, -0.05) is 30.3 Å². The molecular formula is C15H20ClN3O. The molecule has 1 saturated heterocycles. The first-order chi connectivity index (χ1) is 9.31. The van der Waals surface area contributed by atoms with E-state index in [0.29, 0.717) is 6.42 Å². The highest BCUT2D eigenvalue weighted by Gasteiger charge is 2.25. The molecule has 0 aromatic heterocycles. The monoisotopic (exact) mass is 293 g/mol. The Labute approximate surface area is 126 Å². The van der Waals surface area contributed by atoms with Crippen LogP contribution in [0.15, 0.2) is 30.3 Å². The Kier molecular flexibility index (Phi) is 6.89. The number of carbonyl (C=O) groups excluding carboxylic acids is 1. The molecule has 1 aromatic rings. The number of halogens is 1. The fourth-order valence-corrected chi connectivity index (χ4v) is 2.46. The van der Waals surface area contributed by atoms with E-state index < -0.39 is 6.04 Å². The van der Waals surface area contributed by atoms with Crippen LogP contribution in [0.5, 0.6) is 0 Å². The van der Waals surface area contributed by atoms with Gasteiger partial charge >= 0.3 is 0 Å². The highest BCUT2D eigenvalue weighted by Crippen LogP contribution is 2.12. The fourth-order valence-electron chi connectivity index (χ4n) is 2.46. The first-order valence-electron chi connectivity index (χ1n) is 6.78. The maximum absolute atomic E-state index is 12.4. The lowest BCUT2D eigenvalue weighted by molar-refractivity contribution is -0.134. The summed E-state index contributed by atoms with van der Waals surface area (Å²) in [5.41, 5.74) is 1.07. The molecule has 1 amide bonds. The van der Waals surface area contributed by atoms with E-state index in [1.165, 1.54) is 6.42 Å². The minimum absolute atomic E-state index is 0. The predicted molar refractivity (Wildman–Crippen MR) is 80.4 cm³/mol. The highest BCUT2D eigenvalue weighted by molar-refractivity contribution is 5.85. The van der Waals surface area contributed by atoms with E-state index in [0.717, 1.165) is 31.5 Å². The molecule has 0 radical (unpaired) electrons. The van der Waals surface area contributed by atoms with Gasteiger partial charge in [-0.15, -0.1) is 12.4 Å². The van der Waals surface area contributed by atoms with Crippen LogP contribution in [-0.4, -0.2) is 29.9 Å². The van der Waals surface area contributed by atoms with Crippen molar-refractivity contribution in [3.05, 3.63) is 35.9 Å². The van der Waals surface area contributed by atoms with Crippen molar-refractivity contribution in [1.29, 1.82) is 5.26 Å². The summed E-state index contributed by atoms with van der Waals surface area (Å²) in [6, 6.07) is 9.37. The van der Waals surface area contributed by atoms with Crippen molar-refractivity contribution in [2.75, 3.05) is 13.1 Å². The minimum atomic E-state index is -0.439. The van der Waals surface area contributed by atoms with Crippen LogP contribution >= 0.6 is 12.4 Å². The lowest BCUT2D eigenvalue weighted by Gasteiger charge is -2.30. The molecule has 0 aliphatic carbocycles. The van der Waals surface area contributed by atoms with Crippen molar-refractivity contribution < 1.29 is 4.79 Å². The Morgan fingerprint density at radius 1 is 1.25 bits per heavy atom. The van der Waals surface area contributed by atoms with E-state index in [1.807, 2.05) is 41.4 Å². The zero-order chi connectivity index (χ0) is 13.5. The van der Waals surface area contributed by atoms with E-state index in [2.05, 4.69) is 5.32 Å². The van der Waals surface area contributed by atoms with Crippen molar-refractivity contribution >= 4 is 18.3 Å². The van der Waals surface area contributed by atoms with Crippen LogP contribution in [0.4, 0.5) is 0 Å². The first-order valence-corrected chi connectivity index (χ1v) is 6.78. The third-order valence-corrected chi connectivity index (χ3v) is 3.49. The zero-order valence-corrected chi connectivity index (χ0v) is 12.2. The van der Waals surface area contributed by atoms with Crippen LogP contribution in [0.25, 0.3) is 0 Å². The summed E-state index contributed by atoms with van der Waals surface area (Å²) >= 11 is 0. The molecule has 20 heavy (non-hydrogen) atoms. The number of hydrogen-bond donors (Lipinski definition) is 1. The van der Waals surface area contributed by atoms with Gasteiger partial charge in [0.05, 0.1) is 0 Å². The third kappa shape index (κ3) is 4.43. The summed E-state index contributed by atoms with van der Waals surface area (Å²) in [6.45, 7) is 1.63. The molecule has 1 unspecified atom stereocenters. The van der Waals surface area contributed by atoms with E-state index in [9.17, 15) is 4.79 Å². The molecule has 2 rings (SSSR count). The second-order valence-electron chi connectivity index (χ2n) is 4.88. The Hall–Kier alpha value is -1.73. The molecule has 1 atom stereocenters. The maximum atomic E-state index is 12.4. The third-order valence-electron chi connectivity index (χ3n) is 3.49. The number of hydrogen-bond acceptors (Lipinski definition) is 3. The first kappa shape index (κ1) is 16.3. The summed E-state index contributed by atoms with van der Waals surface area (Å²) in [5.74, 6) is 0.0464. The molecule has 5 heteroatoms. The largest absolute Gasteiger partial charge is 0.341 e. The van der Waals surface area contributed by atoms with Crippen LogP contribution in [0.3, 0.4) is 0 Å². The number of rotatable bonds is 4. The van der Waals surface area contributed by atoms with Crippen molar-refractivity contribution in [1.82, 2.24) is 10.2 Å². The quantitative estimate of drug-likeness (QED) is 0.683. The number of piperidine rings is 1. The summed E-state index contributed by atoms with van der Waals surface area (Å²) in [4.78, 5) is 14.3. The zero-order valence-electron chi connectivity index (χ0n) is 11.4. The Balaban J connectivity index is 0.00000200. The van der Waals surface area contributed by atoms with Gasteiger partial charge in [0, 0.05) is 19.5 Å². The molecule has 0 spiro atoms. The molecule has 4 nitrogen and oxygen atoms in total. The van der Waals surface area contributed by atoms with E-state index >= 15 is 0 Å². The van der Waals surface area contributed by atoms with Crippen LogP contribution in [0.2, 0.25) is 0 Å². The summed E-state index contributed by atoms with van der Waals surface area (Å²) in [6.07, 6.45) is 5.79. The molecule has 0 bridgehead atoms. The molecule has 1 heterocycles. The van der Waals surface area contributed by atoms with Crippen molar-refractivity contribution in [2.45, 2.75) is 31.7 Å². The standard InChI is InChI=1S/C15H19N3O.ClH/c16-12-17-14(11-13-7-3-1-4-8-13)15(19)18-9-5-2-6-10-18;/h1,3-4,7-8,14,17H,2,5-6,9-11H2;1H. The number of nitrogens with one attached hydrogen (secondary N) is 1. The van der Waals surface area contributed by atoms with E-state index in [1.54, 1.807) is 0 Å².